The van der Waals surface area contributed by atoms with Crippen LogP contribution >= 0.6 is 11.3 Å². The van der Waals surface area contributed by atoms with Gasteiger partial charge in [0.2, 0.25) is 0 Å². The normalized spacial score (nSPS) is 16.3. The Hall–Kier alpha value is -1.95. The van der Waals surface area contributed by atoms with Gasteiger partial charge in [0, 0.05) is 35.3 Å². The van der Waals surface area contributed by atoms with Crippen LogP contribution in [0.4, 0.5) is 5.69 Å². The van der Waals surface area contributed by atoms with Crippen molar-refractivity contribution in [2.24, 2.45) is 5.92 Å². The van der Waals surface area contributed by atoms with Crippen molar-refractivity contribution >= 4 is 33.0 Å². The molecular formula is C15H16N2O3S. The Morgan fingerprint density at radius 2 is 2.05 bits per heavy atom. The van der Waals surface area contributed by atoms with Crippen LogP contribution in [0.3, 0.4) is 0 Å². The average molecular weight is 304 g/mol. The molecule has 0 unspecified atom stereocenters. The number of fused-ring (bicyclic) bond motifs is 1. The van der Waals surface area contributed by atoms with Crippen LogP contribution in [0.5, 0.6) is 0 Å². The van der Waals surface area contributed by atoms with Crippen LogP contribution < -0.4 is 0 Å². The number of thiophene rings is 1. The van der Waals surface area contributed by atoms with E-state index in [1.54, 1.807) is 12.1 Å². The van der Waals surface area contributed by atoms with Crippen LogP contribution in [0.1, 0.15) is 29.4 Å². The van der Waals surface area contributed by atoms with E-state index >= 15 is 0 Å². The molecule has 0 spiro atoms. The molecule has 110 valence electrons. The summed E-state index contributed by atoms with van der Waals surface area (Å²) >= 11 is 1.41. The van der Waals surface area contributed by atoms with E-state index in [2.05, 4.69) is 6.92 Å². The molecule has 21 heavy (non-hydrogen) atoms. The van der Waals surface area contributed by atoms with Crippen molar-refractivity contribution < 1.29 is 9.72 Å². The average Bonchev–Trinajstić information content (AvgIpc) is 2.90. The highest BCUT2D eigenvalue weighted by Crippen LogP contribution is 2.30. The van der Waals surface area contributed by atoms with Gasteiger partial charge in [0.1, 0.15) is 0 Å². The van der Waals surface area contributed by atoms with E-state index in [4.69, 9.17) is 0 Å². The number of nitro groups is 1. The number of nitro benzene ring substituents is 1. The third-order valence-electron chi connectivity index (χ3n) is 3.99. The Labute approximate surface area is 126 Å². The van der Waals surface area contributed by atoms with Crippen LogP contribution in [-0.4, -0.2) is 28.8 Å². The van der Waals surface area contributed by atoms with Gasteiger partial charge in [0.05, 0.1) is 9.80 Å². The number of likely N-dealkylation sites (tertiary alicyclic amines) is 1. The summed E-state index contributed by atoms with van der Waals surface area (Å²) in [6.45, 7) is 3.81. The van der Waals surface area contributed by atoms with Crippen molar-refractivity contribution in [2.45, 2.75) is 19.8 Å². The second kappa shape index (κ2) is 5.44. The largest absolute Gasteiger partial charge is 0.338 e. The van der Waals surface area contributed by atoms with E-state index in [0.717, 1.165) is 36.0 Å². The molecule has 0 atom stereocenters. The standard InChI is InChI=1S/C15H16N2O3S/c1-10-4-6-16(7-5-10)15(18)14-9-11-8-12(17(19)20)2-3-13(11)21-14/h2-3,8-10H,4-7H2,1H3. The summed E-state index contributed by atoms with van der Waals surface area (Å²) in [5, 5.41) is 11.6. The van der Waals surface area contributed by atoms with Gasteiger partial charge in [0.25, 0.3) is 11.6 Å². The van der Waals surface area contributed by atoms with Crippen molar-refractivity contribution in [1.82, 2.24) is 4.90 Å². The minimum Gasteiger partial charge on any atom is -0.338 e. The Morgan fingerprint density at radius 1 is 1.33 bits per heavy atom. The number of piperidine rings is 1. The number of benzene rings is 1. The molecule has 0 bridgehead atoms. The Morgan fingerprint density at radius 3 is 2.71 bits per heavy atom. The van der Waals surface area contributed by atoms with Crippen LogP contribution in [0, 0.1) is 16.0 Å². The summed E-state index contributed by atoms with van der Waals surface area (Å²) in [7, 11) is 0. The number of non-ortho nitro benzene ring substituents is 1. The highest BCUT2D eigenvalue weighted by atomic mass is 32.1. The minimum absolute atomic E-state index is 0.0470. The molecule has 2 heterocycles. The van der Waals surface area contributed by atoms with Crippen LogP contribution in [0.25, 0.3) is 10.1 Å². The first kappa shape index (κ1) is 14.0. The third-order valence-corrected chi connectivity index (χ3v) is 5.10. The third kappa shape index (κ3) is 2.76. The molecule has 0 radical (unpaired) electrons. The molecule has 0 saturated carbocycles. The second-order valence-electron chi connectivity index (χ2n) is 5.56. The van der Waals surface area contributed by atoms with E-state index in [-0.39, 0.29) is 11.6 Å². The Bertz CT molecular complexity index is 702. The summed E-state index contributed by atoms with van der Waals surface area (Å²) in [5.74, 6) is 0.727. The van der Waals surface area contributed by atoms with Gasteiger partial charge in [-0.15, -0.1) is 11.3 Å². The van der Waals surface area contributed by atoms with Crippen molar-refractivity contribution in [2.75, 3.05) is 13.1 Å². The van der Waals surface area contributed by atoms with Crippen molar-refractivity contribution in [1.29, 1.82) is 0 Å². The summed E-state index contributed by atoms with van der Waals surface area (Å²) < 4.78 is 0.911. The Kier molecular flexibility index (Phi) is 3.63. The predicted molar refractivity (Wildman–Crippen MR) is 82.8 cm³/mol. The highest BCUT2D eigenvalue weighted by molar-refractivity contribution is 7.20. The zero-order valence-corrected chi connectivity index (χ0v) is 12.6. The molecule has 6 heteroatoms. The van der Waals surface area contributed by atoms with Gasteiger partial charge in [-0.05, 0) is 30.9 Å². The molecule has 3 rings (SSSR count). The van der Waals surface area contributed by atoms with E-state index in [1.807, 2.05) is 4.90 Å². The van der Waals surface area contributed by atoms with Gasteiger partial charge in [-0.3, -0.25) is 14.9 Å². The number of hydrogen-bond donors (Lipinski definition) is 0. The number of nitrogens with zero attached hydrogens (tertiary/aromatic N) is 2. The molecule has 1 aliphatic heterocycles. The molecular weight excluding hydrogens is 288 g/mol. The predicted octanol–water partition coefficient (Wildman–Crippen LogP) is 3.68. The van der Waals surface area contributed by atoms with Crippen LogP contribution in [0.15, 0.2) is 24.3 Å². The quantitative estimate of drug-likeness (QED) is 0.628. The molecule has 1 aliphatic rings. The first-order valence-electron chi connectivity index (χ1n) is 7.02. The molecule has 1 aromatic carbocycles. The first-order chi connectivity index (χ1) is 10.0. The lowest BCUT2D eigenvalue weighted by atomic mass is 9.99. The number of amides is 1. The maximum absolute atomic E-state index is 12.5. The molecule has 0 N–H and O–H groups in total. The fourth-order valence-electron chi connectivity index (χ4n) is 2.62. The van der Waals surface area contributed by atoms with Crippen molar-refractivity contribution in [3.8, 4) is 0 Å². The molecule has 2 aromatic rings. The minimum atomic E-state index is -0.412. The number of carbonyl (C=O) groups excluding carboxylic acids is 1. The van der Waals surface area contributed by atoms with E-state index in [1.165, 1.54) is 23.5 Å². The monoisotopic (exact) mass is 304 g/mol. The molecule has 1 fully saturated rings. The molecule has 5 nitrogen and oxygen atoms in total. The zero-order valence-electron chi connectivity index (χ0n) is 11.7. The summed E-state index contributed by atoms with van der Waals surface area (Å²) in [5.41, 5.74) is 0.0612. The number of rotatable bonds is 2. The van der Waals surface area contributed by atoms with Crippen LogP contribution in [-0.2, 0) is 0 Å². The fraction of sp³-hybridized carbons (Fsp3) is 0.400. The fourth-order valence-corrected chi connectivity index (χ4v) is 3.63. The number of hydrogen-bond acceptors (Lipinski definition) is 4. The lowest BCUT2D eigenvalue weighted by Gasteiger charge is -2.29. The summed E-state index contributed by atoms with van der Waals surface area (Å²) in [4.78, 5) is 25.4. The molecule has 1 amide bonds. The molecule has 0 aliphatic carbocycles. The first-order valence-corrected chi connectivity index (χ1v) is 7.83. The summed E-state index contributed by atoms with van der Waals surface area (Å²) in [6, 6.07) is 6.50. The van der Waals surface area contributed by atoms with Gasteiger partial charge in [0.15, 0.2) is 0 Å². The van der Waals surface area contributed by atoms with Crippen molar-refractivity contribution in [3.63, 3.8) is 0 Å². The summed E-state index contributed by atoms with van der Waals surface area (Å²) in [6.07, 6.45) is 2.09. The molecule has 1 saturated heterocycles. The van der Waals surface area contributed by atoms with E-state index in [0.29, 0.717) is 10.8 Å². The van der Waals surface area contributed by atoms with Gasteiger partial charge in [-0.2, -0.15) is 0 Å². The maximum atomic E-state index is 12.5. The smallest absolute Gasteiger partial charge is 0.270 e. The van der Waals surface area contributed by atoms with Crippen molar-refractivity contribution in [3.05, 3.63) is 39.3 Å². The van der Waals surface area contributed by atoms with Gasteiger partial charge in [-0.25, -0.2) is 0 Å². The Balaban J connectivity index is 1.86. The topological polar surface area (TPSA) is 63.5 Å². The zero-order chi connectivity index (χ0) is 15.0. The van der Waals surface area contributed by atoms with Gasteiger partial charge >= 0.3 is 0 Å². The lowest BCUT2D eigenvalue weighted by molar-refractivity contribution is -0.384. The lowest BCUT2D eigenvalue weighted by Crippen LogP contribution is -2.37. The van der Waals surface area contributed by atoms with Gasteiger partial charge in [-0.1, -0.05) is 6.92 Å². The van der Waals surface area contributed by atoms with E-state index < -0.39 is 4.92 Å². The molecule has 1 aromatic heterocycles. The maximum Gasteiger partial charge on any atom is 0.270 e. The number of carbonyl (C=O) groups is 1. The second-order valence-corrected chi connectivity index (χ2v) is 6.65. The SMILES string of the molecule is CC1CCN(C(=O)c2cc3cc([N+](=O)[O-])ccc3s2)CC1. The van der Waals surface area contributed by atoms with Crippen LogP contribution in [0.2, 0.25) is 0 Å². The van der Waals surface area contributed by atoms with E-state index in [9.17, 15) is 14.9 Å². The van der Waals surface area contributed by atoms with Gasteiger partial charge < -0.3 is 4.90 Å². The highest BCUT2D eigenvalue weighted by Gasteiger charge is 2.23.